The second kappa shape index (κ2) is 9.18. The molecule has 3 rings (SSSR count). The van der Waals surface area contributed by atoms with E-state index in [1.54, 1.807) is 24.3 Å². The van der Waals surface area contributed by atoms with Crippen molar-refractivity contribution in [1.29, 1.82) is 0 Å². The van der Waals surface area contributed by atoms with Gasteiger partial charge in [0.1, 0.15) is 11.9 Å². The Kier molecular flexibility index (Phi) is 6.44. The zero-order chi connectivity index (χ0) is 19.9. The van der Waals surface area contributed by atoms with Crippen LogP contribution in [0, 0.1) is 6.92 Å². The summed E-state index contributed by atoms with van der Waals surface area (Å²) < 4.78 is 1.95. The van der Waals surface area contributed by atoms with Crippen LogP contribution in [0.4, 0.5) is 0 Å². The van der Waals surface area contributed by atoms with E-state index in [9.17, 15) is 9.59 Å². The van der Waals surface area contributed by atoms with E-state index in [1.807, 2.05) is 47.9 Å². The standard InChI is InChI=1S/C20H21N5O2S/c1-14-23-24-20(25(14)12-15-8-4-2-5-9-15)28-13-17(26)22-18(19(21)27)16-10-6-3-7-11-16/h2-11,18H,12-13H2,1H3,(H2,21,27)(H,22,26). The van der Waals surface area contributed by atoms with E-state index in [2.05, 4.69) is 15.5 Å². The van der Waals surface area contributed by atoms with Gasteiger partial charge in [0, 0.05) is 0 Å². The van der Waals surface area contributed by atoms with Gasteiger partial charge in [-0.15, -0.1) is 10.2 Å². The molecule has 2 amide bonds. The molecule has 144 valence electrons. The molecule has 0 saturated carbocycles. The van der Waals surface area contributed by atoms with Crippen molar-refractivity contribution in [3.05, 3.63) is 77.6 Å². The van der Waals surface area contributed by atoms with Gasteiger partial charge in [-0.05, 0) is 18.1 Å². The highest BCUT2D eigenvalue weighted by molar-refractivity contribution is 7.99. The molecule has 7 nitrogen and oxygen atoms in total. The molecule has 1 heterocycles. The third-order valence-electron chi connectivity index (χ3n) is 4.14. The minimum Gasteiger partial charge on any atom is -0.368 e. The predicted molar refractivity (Wildman–Crippen MR) is 108 cm³/mol. The van der Waals surface area contributed by atoms with Crippen molar-refractivity contribution in [2.45, 2.75) is 24.7 Å². The summed E-state index contributed by atoms with van der Waals surface area (Å²) in [7, 11) is 0. The molecule has 0 aliphatic heterocycles. The van der Waals surface area contributed by atoms with Crippen LogP contribution in [-0.4, -0.2) is 32.3 Å². The Morgan fingerprint density at radius 2 is 1.71 bits per heavy atom. The van der Waals surface area contributed by atoms with E-state index in [0.29, 0.717) is 17.3 Å². The first kappa shape index (κ1) is 19.6. The van der Waals surface area contributed by atoms with Crippen LogP contribution in [0.1, 0.15) is 23.0 Å². The molecule has 0 saturated heterocycles. The van der Waals surface area contributed by atoms with Gasteiger partial charge in [0.2, 0.25) is 11.8 Å². The lowest BCUT2D eigenvalue weighted by atomic mass is 10.1. The Morgan fingerprint density at radius 3 is 2.36 bits per heavy atom. The van der Waals surface area contributed by atoms with Gasteiger partial charge in [0.15, 0.2) is 5.16 Å². The van der Waals surface area contributed by atoms with Crippen molar-refractivity contribution in [3.63, 3.8) is 0 Å². The summed E-state index contributed by atoms with van der Waals surface area (Å²) in [6, 6.07) is 18.0. The summed E-state index contributed by atoms with van der Waals surface area (Å²) in [5.41, 5.74) is 7.22. The number of nitrogens with zero attached hydrogens (tertiary/aromatic N) is 3. The molecule has 28 heavy (non-hydrogen) atoms. The monoisotopic (exact) mass is 395 g/mol. The molecule has 1 aromatic heterocycles. The average molecular weight is 395 g/mol. The second-order valence-corrected chi connectivity index (χ2v) is 7.15. The van der Waals surface area contributed by atoms with Crippen molar-refractivity contribution < 1.29 is 9.59 Å². The molecule has 0 fully saturated rings. The van der Waals surface area contributed by atoms with Gasteiger partial charge in [0.05, 0.1) is 12.3 Å². The summed E-state index contributed by atoms with van der Waals surface area (Å²) in [5, 5.41) is 11.6. The Hall–Kier alpha value is -3.13. The molecule has 3 N–H and O–H groups in total. The van der Waals surface area contributed by atoms with Gasteiger partial charge < -0.3 is 15.6 Å². The van der Waals surface area contributed by atoms with Crippen LogP contribution in [0.15, 0.2) is 65.8 Å². The van der Waals surface area contributed by atoms with E-state index in [4.69, 9.17) is 5.73 Å². The van der Waals surface area contributed by atoms with Gasteiger partial charge in [-0.2, -0.15) is 0 Å². The number of carbonyl (C=O) groups is 2. The number of hydrogen-bond donors (Lipinski definition) is 2. The highest BCUT2D eigenvalue weighted by Crippen LogP contribution is 2.19. The molecule has 2 aromatic carbocycles. The van der Waals surface area contributed by atoms with Crippen molar-refractivity contribution in [2.24, 2.45) is 5.73 Å². The average Bonchev–Trinajstić information content (AvgIpc) is 3.05. The Labute approximate surface area is 167 Å². The summed E-state index contributed by atoms with van der Waals surface area (Å²) >= 11 is 1.27. The molecule has 1 unspecified atom stereocenters. The van der Waals surface area contributed by atoms with Crippen molar-refractivity contribution in [3.8, 4) is 0 Å². The number of amides is 2. The molecular formula is C20H21N5O2S. The number of aryl methyl sites for hydroxylation is 1. The molecule has 0 bridgehead atoms. The molecule has 0 radical (unpaired) electrons. The van der Waals surface area contributed by atoms with Crippen molar-refractivity contribution >= 4 is 23.6 Å². The van der Waals surface area contributed by atoms with Crippen LogP contribution in [0.25, 0.3) is 0 Å². The lowest BCUT2D eigenvalue weighted by Gasteiger charge is -2.15. The van der Waals surface area contributed by atoms with Crippen LogP contribution < -0.4 is 11.1 Å². The van der Waals surface area contributed by atoms with Crippen LogP contribution in [-0.2, 0) is 16.1 Å². The first-order valence-corrected chi connectivity index (χ1v) is 9.73. The topological polar surface area (TPSA) is 103 Å². The maximum atomic E-state index is 12.4. The van der Waals surface area contributed by atoms with E-state index in [-0.39, 0.29) is 11.7 Å². The third-order valence-corrected chi connectivity index (χ3v) is 5.11. The molecule has 0 aliphatic rings. The first-order valence-electron chi connectivity index (χ1n) is 8.74. The quantitative estimate of drug-likeness (QED) is 0.569. The number of hydrogen-bond acceptors (Lipinski definition) is 5. The van der Waals surface area contributed by atoms with Gasteiger partial charge in [-0.1, -0.05) is 72.4 Å². The normalized spacial score (nSPS) is 11.8. The summed E-state index contributed by atoms with van der Waals surface area (Å²) in [6.45, 7) is 2.50. The Bertz CT molecular complexity index is 944. The lowest BCUT2D eigenvalue weighted by Crippen LogP contribution is -2.38. The van der Waals surface area contributed by atoms with E-state index >= 15 is 0 Å². The number of primary amides is 1. The van der Waals surface area contributed by atoms with Crippen LogP contribution in [0.5, 0.6) is 0 Å². The van der Waals surface area contributed by atoms with Gasteiger partial charge >= 0.3 is 0 Å². The van der Waals surface area contributed by atoms with Crippen LogP contribution in [0.3, 0.4) is 0 Å². The van der Waals surface area contributed by atoms with Crippen LogP contribution >= 0.6 is 11.8 Å². The smallest absolute Gasteiger partial charge is 0.244 e. The third kappa shape index (κ3) is 4.98. The van der Waals surface area contributed by atoms with E-state index < -0.39 is 11.9 Å². The number of rotatable bonds is 8. The number of carbonyl (C=O) groups excluding carboxylic acids is 2. The molecule has 8 heteroatoms. The van der Waals surface area contributed by atoms with E-state index in [0.717, 1.165) is 11.4 Å². The van der Waals surface area contributed by atoms with Gasteiger partial charge in [0.25, 0.3) is 0 Å². The molecule has 3 aromatic rings. The van der Waals surface area contributed by atoms with Gasteiger partial charge in [-0.25, -0.2) is 0 Å². The minimum atomic E-state index is -0.863. The zero-order valence-corrected chi connectivity index (χ0v) is 16.2. The van der Waals surface area contributed by atoms with E-state index in [1.165, 1.54) is 11.8 Å². The largest absolute Gasteiger partial charge is 0.368 e. The highest BCUT2D eigenvalue weighted by atomic mass is 32.2. The summed E-state index contributed by atoms with van der Waals surface area (Å²) in [4.78, 5) is 24.1. The Balaban J connectivity index is 1.64. The first-order chi connectivity index (χ1) is 13.5. The molecule has 1 atom stereocenters. The maximum absolute atomic E-state index is 12.4. The zero-order valence-electron chi connectivity index (χ0n) is 15.4. The lowest BCUT2D eigenvalue weighted by molar-refractivity contribution is -0.126. The fraction of sp³-hybridized carbons (Fsp3) is 0.200. The van der Waals surface area contributed by atoms with Gasteiger partial charge in [-0.3, -0.25) is 9.59 Å². The maximum Gasteiger partial charge on any atom is 0.244 e. The number of nitrogens with one attached hydrogen (secondary N) is 1. The molecule has 0 aliphatic carbocycles. The highest BCUT2D eigenvalue weighted by Gasteiger charge is 2.20. The van der Waals surface area contributed by atoms with Crippen molar-refractivity contribution in [2.75, 3.05) is 5.75 Å². The predicted octanol–water partition coefficient (Wildman–Crippen LogP) is 2.07. The molecular weight excluding hydrogens is 374 g/mol. The number of aromatic nitrogens is 3. The summed E-state index contributed by atoms with van der Waals surface area (Å²) in [5.74, 6) is -0.0351. The van der Waals surface area contributed by atoms with Crippen LogP contribution in [0.2, 0.25) is 0 Å². The summed E-state index contributed by atoms with van der Waals surface area (Å²) in [6.07, 6.45) is 0. The second-order valence-electron chi connectivity index (χ2n) is 6.20. The fourth-order valence-corrected chi connectivity index (χ4v) is 3.51. The number of nitrogens with two attached hydrogens (primary N) is 1. The van der Waals surface area contributed by atoms with Crippen molar-refractivity contribution in [1.82, 2.24) is 20.1 Å². The number of thioether (sulfide) groups is 1. The number of benzene rings is 2. The minimum absolute atomic E-state index is 0.101. The Morgan fingerprint density at radius 1 is 1.07 bits per heavy atom. The fourth-order valence-electron chi connectivity index (χ4n) is 2.71. The molecule has 0 spiro atoms. The SMILES string of the molecule is Cc1nnc(SCC(=O)NC(C(N)=O)c2ccccc2)n1Cc1ccccc1.